The predicted molar refractivity (Wildman–Crippen MR) is 518 cm³/mol. The summed E-state index contributed by atoms with van der Waals surface area (Å²) in [4.78, 5) is 47.5. The van der Waals surface area contributed by atoms with Crippen molar-refractivity contribution in [2.45, 2.75) is 70.9 Å². The Hall–Kier alpha value is -17.3. The maximum Gasteiger partial charge on any atom is 0.389 e. The summed E-state index contributed by atoms with van der Waals surface area (Å²) in [5, 5.41) is 74.3. The number of benzene rings is 10. The van der Waals surface area contributed by atoms with Crippen LogP contribution in [0, 0.1) is 6.92 Å². The Morgan fingerprint density at radius 1 is 0.294 bits per heavy atom. The molecule has 7 N–H and O–H groups in total. The minimum Gasteiger partial charge on any atom is -0.508 e. The average Bonchev–Trinajstić information content (AvgIpc) is 1.62. The van der Waals surface area contributed by atoms with Crippen LogP contribution in [0.3, 0.4) is 0 Å². The second kappa shape index (κ2) is 40.6. The fourth-order valence-electron chi connectivity index (χ4n) is 15.8. The van der Waals surface area contributed by atoms with Gasteiger partial charge in [-0.25, -0.2) is 44.9 Å². The first-order valence-corrected chi connectivity index (χ1v) is 44.7. The third-order valence-electron chi connectivity index (χ3n) is 22.6. The van der Waals surface area contributed by atoms with E-state index in [0.717, 1.165) is 101 Å². The molecule has 136 heavy (non-hydrogen) atoms. The fraction of sp³-hybridized carbons (Fsp3) is 0.101. The van der Waals surface area contributed by atoms with Gasteiger partial charge in [0.2, 0.25) is 29.4 Å². The van der Waals surface area contributed by atoms with Crippen LogP contribution in [-0.4, -0.2) is 114 Å². The number of aromatic hydroxyl groups is 7. The number of aryl methyl sites for hydroxylation is 2. The summed E-state index contributed by atoms with van der Waals surface area (Å²) in [5.41, 5.74) is 22.2. The lowest BCUT2D eigenvalue weighted by molar-refractivity contribution is -0.134. The number of thiophene rings is 1. The predicted octanol–water partition coefficient (Wildman–Crippen LogP) is 22.5. The smallest absolute Gasteiger partial charge is 0.389 e. The summed E-state index contributed by atoms with van der Waals surface area (Å²) in [6, 6.07) is 101. The van der Waals surface area contributed by atoms with Crippen LogP contribution in [0.15, 0.2) is 369 Å². The number of phenolic OH excluding ortho intramolecular Hbond substituents is 2. The van der Waals surface area contributed by atoms with Crippen molar-refractivity contribution >= 4 is 39.6 Å². The molecule has 0 amide bonds. The fourth-order valence-corrected chi connectivity index (χ4v) is 16.5. The van der Waals surface area contributed by atoms with Gasteiger partial charge in [0.15, 0.2) is 28.2 Å². The molecule has 22 aromatic rings. The molecule has 0 bridgehead atoms. The highest BCUT2D eigenvalue weighted by atomic mass is 32.1. The quantitative estimate of drug-likeness (QED) is 0.0352. The minimum absolute atomic E-state index is 0.0173. The van der Waals surface area contributed by atoms with Gasteiger partial charge in [-0.15, -0.1) is 11.3 Å². The molecule has 0 saturated heterocycles. The van der Waals surface area contributed by atoms with Gasteiger partial charge in [0.1, 0.15) is 45.7 Å². The molecule has 0 spiro atoms. The van der Waals surface area contributed by atoms with Crippen molar-refractivity contribution < 1.29 is 53.3 Å². The van der Waals surface area contributed by atoms with Gasteiger partial charge < -0.3 is 40.2 Å². The summed E-state index contributed by atoms with van der Waals surface area (Å²) in [6.45, 7) is 1.89. The molecule has 674 valence electrons. The van der Waals surface area contributed by atoms with Crippen LogP contribution in [0.4, 0.5) is 13.2 Å². The number of alkyl halides is 3. The first-order chi connectivity index (χ1) is 66.3. The van der Waals surface area contributed by atoms with Crippen molar-refractivity contribution in [1.29, 1.82) is 0 Å². The second-order valence-electron chi connectivity index (χ2n) is 32.2. The van der Waals surface area contributed by atoms with E-state index < -0.39 is 12.6 Å². The summed E-state index contributed by atoms with van der Waals surface area (Å²) in [7, 11) is 0. The first-order valence-electron chi connectivity index (χ1n) is 43.8. The van der Waals surface area contributed by atoms with Gasteiger partial charge >= 0.3 is 6.18 Å². The second-order valence-corrected chi connectivity index (χ2v) is 33.3. The molecule has 27 heteroatoms. The van der Waals surface area contributed by atoms with Gasteiger partial charge in [-0.3, -0.25) is 27.0 Å². The van der Waals surface area contributed by atoms with Crippen molar-refractivity contribution in [3.63, 3.8) is 0 Å². The zero-order valence-electron chi connectivity index (χ0n) is 73.3. The third-order valence-corrected chi connectivity index (χ3v) is 23.5. The highest BCUT2D eigenvalue weighted by Crippen LogP contribution is 2.36. The van der Waals surface area contributed by atoms with Crippen LogP contribution in [0.2, 0.25) is 0 Å². The third kappa shape index (κ3) is 21.2. The molecule has 0 fully saturated rings. The molecule has 22 rings (SSSR count). The number of phenols is 2. The van der Waals surface area contributed by atoms with E-state index in [0.29, 0.717) is 107 Å². The summed E-state index contributed by atoms with van der Waals surface area (Å²) < 4.78 is 51.6. The van der Waals surface area contributed by atoms with Gasteiger partial charge in [-0.2, -0.15) is 13.2 Å². The van der Waals surface area contributed by atoms with Gasteiger partial charge in [0, 0.05) is 115 Å². The molecule has 0 radical (unpaired) electrons. The van der Waals surface area contributed by atoms with Gasteiger partial charge in [-0.05, 0) is 82.6 Å². The maximum atomic E-state index is 12.7. The van der Waals surface area contributed by atoms with Crippen molar-refractivity contribution in [1.82, 2.24) is 71.8 Å². The molecule has 0 atom stereocenters. The zero-order chi connectivity index (χ0) is 93.6. The van der Waals surface area contributed by atoms with Crippen LogP contribution >= 0.6 is 11.3 Å². The highest BCUT2D eigenvalue weighted by molar-refractivity contribution is 7.09. The van der Waals surface area contributed by atoms with Gasteiger partial charge in [-0.1, -0.05) is 273 Å². The number of rotatable bonds is 21. The topological polar surface area (TPSA) is 306 Å². The Balaban J connectivity index is 0.000000113. The molecule has 12 aromatic heterocycles. The number of nitrogens with zero attached hydrogens (tertiary/aromatic N) is 15. The lowest BCUT2D eigenvalue weighted by Crippen LogP contribution is -2.08. The van der Waals surface area contributed by atoms with E-state index in [4.69, 9.17) is 29.3 Å². The molecule has 0 aliphatic heterocycles. The molecule has 0 aliphatic carbocycles. The van der Waals surface area contributed by atoms with E-state index in [9.17, 15) is 48.9 Å². The largest absolute Gasteiger partial charge is 0.508 e. The summed E-state index contributed by atoms with van der Waals surface area (Å²) in [5.74, 6) is 1.43. The normalized spacial score (nSPS) is 11.3. The Bertz CT molecular complexity index is 7600. The molecule has 12 heterocycles. The van der Waals surface area contributed by atoms with Crippen molar-refractivity contribution in [3.05, 3.63) is 454 Å². The molecule has 10 aromatic carbocycles. The number of hydrogen-bond acceptors (Lipinski definition) is 19. The van der Waals surface area contributed by atoms with Crippen LogP contribution < -0.4 is 0 Å². The Morgan fingerprint density at radius 3 is 1.01 bits per heavy atom. The van der Waals surface area contributed by atoms with Gasteiger partial charge in [0.25, 0.3) is 0 Å². The molecule has 23 nitrogen and oxygen atoms in total. The zero-order valence-corrected chi connectivity index (χ0v) is 74.1. The standard InChI is InChI=1S/C24H19N3O2.C24H19N3OS.C22H18F3N3O.C20H17N3O2.C19H15N3O2/c2*28-24-21(15-19-12-7-13-29-19)26-23-20(14-17-8-3-1-4-9-17)25-22(16-27(23)24)18-10-5-2-6-11-18;23-22(24,25)12-11-17-21(29)28-14-19(16-9-5-2-6-10-16)26-18(20(28)27-17)13-15-7-3-1-4-8-15;1-13-19-22-17(11-14-7-9-16(24)10-8-14)20(25)23(19)12-18(21-13)15-5-3-2-4-6-15;23-15-8-6-13(7-9-15)10-16-19(24)22-12-17(20-11-18(22)21-16)14-4-2-1-3-5-14/h2*1-13,16,28H,14-15H2;1-10,14,29H,11-13H2;2-10,12,24-25H,11H2,1H3;1-9,11-12,23-24H,10H2. The number of hydrogen-bond donors (Lipinski definition) is 7. The Labute approximate surface area is 782 Å². The lowest BCUT2D eigenvalue weighted by Gasteiger charge is -2.08. The number of halogens is 3. The number of imidazole rings is 5. The molecule has 0 saturated carbocycles. The highest BCUT2D eigenvalue weighted by Gasteiger charge is 2.30. The van der Waals surface area contributed by atoms with Crippen molar-refractivity contribution in [2.24, 2.45) is 0 Å². The van der Waals surface area contributed by atoms with Crippen LogP contribution in [0.1, 0.15) is 96.1 Å². The lowest BCUT2D eigenvalue weighted by atomic mass is 10.1. The number of aromatic nitrogens is 15. The summed E-state index contributed by atoms with van der Waals surface area (Å²) in [6.07, 6.45) is 10.2. The van der Waals surface area contributed by atoms with E-state index in [1.54, 1.807) is 84.3 Å². The number of furan rings is 1. The monoisotopic (exact) mass is 1820 g/mol. The Kier molecular flexibility index (Phi) is 26.6. The van der Waals surface area contributed by atoms with E-state index in [1.165, 1.54) is 9.28 Å². The van der Waals surface area contributed by atoms with E-state index >= 15 is 0 Å². The summed E-state index contributed by atoms with van der Waals surface area (Å²) >= 11 is 1.67. The van der Waals surface area contributed by atoms with Crippen LogP contribution in [0.5, 0.6) is 40.9 Å². The molecule has 0 unspecified atom stereocenters. The molecular weight excluding hydrogens is 1740 g/mol. The number of fused-ring (bicyclic) bond motifs is 5. The van der Waals surface area contributed by atoms with Crippen LogP contribution in [-0.2, 0) is 51.4 Å². The molecular formula is C109H88F3N15O8S. The first kappa shape index (κ1) is 89.3. The minimum atomic E-state index is -4.32. The van der Waals surface area contributed by atoms with E-state index in [2.05, 4.69) is 55.3 Å². The van der Waals surface area contributed by atoms with E-state index in [-0.39, 0.29) is 53.0 Å². The SMILES string of the molecule is Cc1nc(-c2ccccc2)cn2c(O)c(Cc3ccc(O)cc3)nc12.Oc1c(CCC(F)(F)F)nc2c(Cc3ccccc3)nc(-c3ccccc3)cn12.Oc1c(Cc2ccco2)nc2c(Cc3ccccc3)nc(-c3ccccc3)cn12.Oc1c(Cc2cccs2)nc2c(Cc3ccccc3)nc(-c3ccccc3)cn12.Oc1ccc(Cc2nc3cnc(-c4ccccc4)cn3c2O)cc1. The van der Waals surface area contributed by atoms with Crippen LogP contribution in [0.25, 0.3) is 84.5 Å². The maximum absolute atomic E-state index is 12.7. The van der Waals surface area contributed by atoms with Gasteiger partial charge in [0.05, 0.1) is 70.1 Å². The van der Waals surface area contributed by atoms with Crippen molar-refractivity contribution in [3.8, 4) is 97.2 Å². The van der Waals surface area contributed by atoms with Crippen molar-refractivity contribution in [2.75, 3.05) is 0 Å². The van der Waals surface area contributed by atoms with E-state index in [1.807, 2.05) is 286 Å². The average molecular weight is 1830 g/mol. The molecule has 0 aliphatic rings. The Morgan fingerprint density at radius 2 is 0.618 bits per heavy atom.